The maximum absolute atomic E-state index is 13.0. The van der Waals surface area contributed by atoms with E-state index in [2.05, 4.69) is 16.6 Å². The highest BCUT2D eigenvalue weighted by atomic mass is 32.2. The topological polar surface area (TPSA) is 115 Å². The van der Waals surface area contributed by atoms with Gasteiger partial charge >= 0.3 is 6.61 Å². The van der Waals surface area contributed by atoms with Gasteiger partial charge in [-0.25, -0.2) is 13.1 Å². The summed E-state index contributed by atoms with van der Waals surface area (Å²) in [5.41, 5.74) is 0.142. The Morgan fingerprint density at radius 3 is 2.19 bits per heavy atom. The third-order valence-electron chi connectivity index (χ3n) is 5.36. The Bertz CT molecular complexity index is 1370. The number of hydrogen-bond donors (Lipinski definition) is 2. The minimum absolute atomic E-state index is 0.111. The Labute approximate surface area is 213 Å². The quantitative estimate of drug-likeness (QED) is 0.318. The van der Waals surface area contributed by atoms with Crippen LogP contribution >= 0.6 is 0 Å². The molecule has 1 amide bonds. The molecule has 8 nitrogen and oxygen atoms in total. The third kappa shape index (κ3) is 8.14. The van der Waals surface area contributed by atoms with E-state index in [4.69, 9.17) is 4.74 Å². The van der Waals surface area contributed by atoms with Crippen molar-refractivity contribution in [2.45, 2.75) is 39.2 Å². The van der Waals surface area contributed by atoms with Gasteiger partial charge in [0, 0.05) is 11.3 Å². The third-order valence-corrected chi connectivity index (χ3v) is 5.92. The number of carbonyl (C=O) groups excluding carboxylic acids is 1. The highest BCUT2D eigenvalue weighted by Crippen LogP contribution is 2.29. The highest BCUT2D eigenvalue weighted by Gasteiger charge is 2.22. The second-order valence-corrected chi connectivity index (χ2v) is 10.1. The lowest BCUT2D eigenvalue weighted by Gasteiger charge is -2.13. The Balaban J connectivity index is 1.97. The van der Waals surface area contributed by atoms with Gasteiger partial charge < -0.3 is 14.5 Å². The highest BCUT2D eigenvalue weighted by molar-refractivity contribution is 7.89. The van der Waals surface area contributed by atoms with Crippen molar-refractivity contribution in [1.82, 2.24) is 9.71 Å². The summed E-state index contributed by atoms with van der Waals surface area (Å²) in [5.74, 6) is -0.567. The first-order valence-corrected chi connectivity index (χ1v) is 13.5. The van der Waals surface area contributed by atoms with Crippen LogP contribution in [0.5, 0.6) is 11.5 Å². The van der Waals surface area contributed by atoms with Gasteiger partial charge in [-0.1, -0.05) is 38.3 Å². The number of H-pyrrole nitrogens is 1. The molecule has 1 heterocycles. The number of ether oxygens (including phenoxy) is 2. The second-order valence-electron chi connectivity index (χ2n) is 8.34. The Hall–Kier alpha value is -3.73. The van der Waals surface area contributed by atoms with Gasteiger partial charge in [-0.15, -0.1) is 0 Å². The zero-order chi connectivity index (χ0) is 27.0. The molecule has 3 aromatic rings. The number of benzene rings is 2. The number of alkyl halides is 2. The van der Waals surface area contributed by atoms with Crippen molar-refractivity contribution in [3.8, 4) is 33.9 Å². The van der Waals surface area contributed by atoms with Gasteiger partial charge in [0.15, 0.2) is 0 Å². The van der Waals surface area contributed by atoms with E-state index in [1.807, 2.05) is 0 Å². The summed E-state index contributed by atoms with van der Waals surface area (Å²) in [7, 11) is -3.96. The maximum Gasteiger partial charge on any atom is 0.387 e. The molecule has 37 heavy (non-hydrogen) atoms. The lowest BCUT2D eigenvalue weighted by molar-refractivity contribution is -0.0498. The zero-order valence-corrected chi connectivity index (χ0v) is 21.2. The molecular formula is C26H28F2N2O6S. The molecule has 0 aliphatic carbocycles. The van der Waals surface area contributed by atoms with E-state index in [9.17, 15) is 26.8 Å². The Kier molecular flexibility index (Phi) is 9.40. The Morgan fingerprint density at radius 2 is 1.59 bits per heavy atom. The predicted molar refractivity (Wildman–Crippen MR) is 137 cm³/mol. The number of aromatic amines is 1. The van der Waals surface area contributed by atoms with Gasteiger partial charge in [-0.2, -0.15) is 8.78 Å². The van der Waals surface area contributed by atoms with E-state index in [-0.39, 0.29) is 11.3 Å². The number of halogens is 2. The average Bonchev–Trinajstić information content (AvgIpc) is 2.83. The van der Waals surface area contributed by atoms with Crippen molar-refractivity contribution in [3.05, 3.63) is 70.5 Å². The monoisotopic (exact) mass is 534 g/mol. The van der Waals surface area contributed by atoms with Crippen LogP contribution in [0, 0.1) is 0 Å². The van der Waals surface area contributed by atoms with Crippen molar-refractivity contribution in [3.63, 3.8) is 0 Å². The normalized spacial score (nSPS) is 11.4. The smallest absolute Gasteiger partial charge is 0.387 e. The molecule has 2 aromatic carbocycles. The molecule has 3 rings (SSSR count). The van der Waals surface area contributed by atoms with E-state index in [0.717, 1.165) is 31.9 Å². The molecular weight excluding hydrogens is 506 g/mol. The Morgan fingerprint density at radius 1 is 0.973 bits per heavy atom. The van der Waals surface area contributed by atoms with Gasteiger partial charge in [0.2, 0.25) is 10.0 Å². The number of unbranched alkanes of at least 4 members (excludes halogenated alkanes) is 3. The molecule has 0 bridgehead atoms. The fourth-order valence-electron chi connectivity index (χ4n) is 3.65. The summed E-state index contributed by atoms with van der Waals surface area (Å²) in [6.07, 6.45) is 5.12. The van der Waals surface area contributed by atoms with Crippen LogP contribution in [0.15, 0.2) is 59.4 Å². The summed E-state index contributed by atoms with van der Waals surface area (Å²) in [6, 6.07) is 13.8. The van der Waals surface area contributed by atoms with Crippen molar-refractivity contribution in [2.24, 2.45) is 0 Å². The van der Waals surface area contributed by atoms with Crippen molar-refractivity contribution < 1.29 is 31.5 Å². The predicted octanol–water partition coefficient (Wildman–Crippen LogP) is 4.96. The SMILES string of the molecule is CCCCCCOc1ccc(-c2cc(-c3ccc(OC(F)F)cc3)c(C(=O)NS(C)(=O)=O)c(=O)[nH]2)cc1. The van der Waals surface area contributed by atoms with Crippen molar-refractivity contribution in [1.29, 1.82) is 0 Å². The molecule has 0 saturated carbocycles. The number of amides is 1. The van der Waals surface area contributed by atoms with Crippen LogP contribution < -0.4 is 19.8 Å². The summed E-state index contributed by atoms with van der Waals surface area (Å²) >= 11 is 0. The minimum atomic E-state index is -3.96. The fourth-order valence-corrected chi connectivity index (χ4v) is 4.09. The van der Waals surface area contributed by atoms with E-state index in [1.165, 1.54) is 30.3 Å². The fraction of sp³-hybridized carbons (Fsp3) is 0.308. The average molecular weight is 535 g/mol. The first kappa shape index (κ1) is 27.9. The van der Waals surface area contributed by atoms with Crippen molar-refractivity contribution >= 4 is 15.9 Å². The van der Waals surface area contributed by atoms with Gasteiger partial charge in [0.05, 0.1) is 12.9 Å². The van der Waals surface area contributed by atoms with Crippen LogP contribution in [0.25, 0.3) is 22.4 Å². The molecule has 1 aromatic heterocycles. The number of hydrogen-bond acceptors (Lipinski definition) is 6. The standard InChI is InChI=1S/C26H28F2N2O6S/c1-3-4-5-6-15-35-19-11-9-18(10-12-19)22-16-21(17-7-13-20(14-8-17)36-26(27)28)23(24(31)29-22)25(32)30-37(2,33)34/h7-14,16,26H,3-6,15H2,1-2H3,(H,29,31)(H,30,32). The number of aromatic nitrogens is 1. The second kappa shape index (κ2) is 12.5. The van der Waals surface area contributed by atoms with E-state index < -0.39 is 33.7 Å². The van der Waals surface area contributed by atoms with E-state index >= 15 is 0 Å². The molecule has 0 radical (unpaired) electrons. The molecule has 0 fully saturated rings. The van der Waals surface area contributed by atoms with Crippen LogP contribution in [-0.4, -0.2) is 38.8 Å². The summed E-state index contributed by atoms with van der Waals surface area (Å²) < 4.78 is 60.2. The molecule has 2 N–H and O–H groups in total. The van der Waals surface area contributed by atoms with E-state index in [1.54, 1.807) is 29.0 Å². The van der Waals surface area contributed by atoms with Crippen molar-refractivity contribution in [2.75, 3.05) is 12.9 Å². The number of pyridine rings is 1. The number of nitrogens with one attached hydrogen (secondary N) is 2. The lowest BCUT2D eigenvalue weighted by atomic mass is 9.98. The van der Waals surface area contributed by atoms with Crippen LogP contribution in [0.3, 0.4) is 0 Å². The minimum Gasteiger partial charge on any atom is -0.494 e. The molecule has 0 aliphatic rings. The summed E-state index contributed by atoms with van der Waals surface area (Å²) in [6.45, 7) is -0.288. The largest absolute Gasteiger partial charge is 0.494 e. The van der Waals surface area contributed by atoms with Gasteiger partial charge in [-0.05, 0) is 60.0 Å². The van der Waals surface area contributed by atoms with Crippen LogP contribution in [-0.2, 0) is 10.0 Å². The lowest BCUT2D eigenvalue weighted by Crippen LogP contribution is -2.34. The summed E-state index contributed by atoms with van der Waals surface area (Å²) in [4.78, 5) is 28.3. The molecule has 0 unspecified atom stereocenters. The zero-order valence-electron chi connectivity index (χ0n) is 20.4. The summed E-state index contributed by atoms with van der Waals surface area (Å²) in [5, 5.41) is 0. The number of sulfonamides is 1. The first-order valence-electron chi connectivity index (χ1n) is 11.7. The molecule has 0 aliphatic heterocycles. The number of rotatable bonds is 12. The molecule has 11 heteroatoms. The van der Waals surface area contributed by atoms with Gasteiger partial charge in [0.1, 0.15) is 17.1 Å². The van der Waals surface area contributed by atoms with Crippen LogP contribution in [0.4, 0.5) is 8.78 Å². The first-order chi connectivity index (χ1) is 17.6. The van der Waals surface area contributed by atoms with Crippen LogP contribution in [0.2, 0.25) is 0 Å². The maximum atomic E-state index is 13.0. The van der Waals surface area contributed by atoms with Gasteiger partial charge in [0.25, 0.3) is 11.5 Å². The molecule has 198 valence electrons. The van der Waals surface area contributed by atoms with Gasteiger partial charge in [-0.3, -0.25) is 9.59 Å². The van der Waals surface area contributed by atoms with Crippen LogP contribution in [0.1, 0.15) is 43.0 Å². The molecule has 0 atom stereocenters. The number of carbonyl (C=O) groups is 1. The molecule has 0 saturated heterocycles. The van der Waals surface area contributed by atoms with E-state index in [0.29, 0.717) is 29.2 Å². The molecule has 0 spiro atoms.